The van der Waals surface area contributed by atoms with Crippen LogP contribution in [0.1, 0.15) is 53.4 Å². The van der Waals surface area contributed by atoms with E-state index in [-0.39, 0.29) is 39.7 Å². The van der Waals surface area contributed by atoms with Crippen LogP contribution in [0.4, 0.5) is 0 Å². The first kappa shape index (κ1) is 43.2. The van der Waals surface area contributed by atoms with Crippen LogP contribution in [0, 0.1) is 38.8 Å². The molecular weight excluding hydrogens is 559 g/mol. The van der Waals surface area contributed by atoms with Gasteiger partial charge in [0.1, 0.15) is 0 Å². The van der Waals surface area contributed by atoms with Crippen molar-refractivity contribution < 1.29 is 23.3 Å². The van der Waals surface area contributed by atoms with E-state index in [2.05, 4.69) is 91.3 Å². The summed E-state index contributed by atoms with van der Waals surface area (Å²) in [4.78, 5) is 0. The second kappa shape index (κ2) is 20.3. The number of allylic oxidation sites excluding steroid dienone is 8. The Labute approximate surface area is 234 Å². The fourth-order valence-electron chi connectivity index (χ4n) is 3.30. The second-order valence-electron chi connectivity index (χ2n) is 10.8. The summed E-state index contributed by atoms with van der Waals surface area (Å²) in [6.07, 6.45) is 16.6. The van der Waals surface area contributed by atoms with Crippen molar-refractivity contribution in [3.63, 3.8) is 0 Å². The molecule has 0 nitrogen and oxygen atoms in total. The molecule has 0 N–H and O–H groups in total. The van der Waals surface area contributed by atoms with E-state index in [0.29, 0.717) is 0 Å². The molecule has 0 saturated heterocycles. The Kier molecular flexibility index (Phi) is 27.4. The van der Waals surface area contributed by atoms with E-state index in [1.807, 2.05) is 6.88 Å². The Bertz CT molecular complexity index is 566. The van der Waals surface area contributed by atoms with Crippen molar-refractivity contribution in [2.24, 2.45) is 11.8 Å². The van der Waals surface area contributed by atoms with E-state index in [9.17, 15) is 0 Å². The number of hydrogen-bond acceptors (Lipinski definition) is 0. The molecule has 0 atom stereocenters. The summed E-state index contributed by atoms with van der Waals surface area (Å²) in [7, 11) is -2.18. The van der Waals surface area contributed by atoms with Gasteiger partial charge >= 0.3 is 30.2 Å². The SMILES string of the molecule is CC(C)CC1=CC([Si](C)(C)C)=[C-]C1.CC(C)CC1=CC([Si](C)(C)C)=[C-]C1.Cl.Cl.[CH3-].[CH3-].[SiH2]=[Zr]. The van der Waals surface area contributed by atoms with Gasteiger partial charge in [-0.3, -0.25) is 12.2 Å². The van der Waals surface area contributed by atoms with E-state index in [1.54, 1.807) is 34.5 Å². The minimum atomic E-state index is -1.09. The zero-order valence-electron chi connectivity index (χ0n) is 23.2. The summed E-state index contributed by atoms with van der Waals surface area (Å²) < 4.78 is 0. The first-order valence-electron chi connectivity index (χ1n) is 10.8. The number of hydrogen-bond donors (Lipinski definition) is 0. The topological polar surface area (TPSA) is 0 Å². The van der Waals surface area contributed by atoms with Crippen LogP contribution in [-0.4, -0.2) is 23.0 Å². The summed E-state index contributed by atoms with van der Waals surface area (Å²) >= 11 is 1.58. The van der Waals surface area contributed by atoms with E-state index in [0.717, 1.165) is 24.7 Å². The van der Waals surface area contributed by atoms with E-state index in [4.69, 9.17) is 0 Å². The first-order chi connectivity index (χ1) is 12.8. The van der Waals surface area contributed by atoms with Crippen LogP contribution in [0.5, 0.6) is 0 Å². The van der Waals surface area contributed by atoms with Gasteiger partial charge in [-0.25, -0.2) is 22.5 Å². The Morgan fingerprint density at radius 3 is 1.12 bits per heavy atom. The van der Waals surface area contributed by atoms with Crippen molar-refractivity contribution in [1.29, 1.82) is 0 Å². The Morgan fingerprint density at radius 1 is 0.719 bits per heavy atom. The molecule has 0 heterocycles. The van der Waals surface area contributed by atoms with Crippen LogP contribution in [0.3, 0.4) is 0 Å². The molecule has 0 aliphatic heterocycles. The third-order valence-electron chi connectivity index (χ3n) is 4.67. The van der Waals surface area contributed by atoms with Crippen molar-refractivity contribution >= 4 is 47.8 Å². The molecule has 2 aliphatic carbocycles. The predicted octanol–water partition coefficient (Wildman–Crippen LogP) is 8.76. The van der Waals surface area contributed by atoms with Gasteiger partial charge in [0, 0.05) is 16.1 Å². The molecule has 0 amide bonds. The van der Waals surface area contributed by atoms with Crippen LogP contribution in [-0.2, 0) is 23.3 Å². The summed E-state index contributed by atoms with van der Waals surface area (Å²) in [5.41, 5.74) is 3.18. The standard InChI is InChI=1S/2C12H21Si.2CH3.2ClH.H2Si.Zr/c2*1-10(2)8-11-6-7-12(9-11)13(3,4)5;;;;;;/h2*9-10H,6,8H2,1-5H3;2*1H3;2*1H;1H2;/q4*-1;;;;. The second-order valence-corrected chi connectivity index (χ2v) is 20.9. The van der Waals surface area contributed by atoms with Crippen molar-refractivity contribution in [3.8, 4) is 0 Å². The van der Waals surface area contributed by atoms with Crippen LogP contribution in [0.2, 0.25) is 39.3 Å². The maximum absolute atomic E-state index is 3.54. The van der Waals surface area contributed by atoms with Gasteiger partial charge in [-0.05, 0) is 24.7 Å². The third-order valence-corrected chi connectivity index (χ3v) is 8.54. The molecule has 0 bridgehead atoms. The molecule has 0 aromatic carbocycles. The van der Waals surface area contributed by atoms with E-state index >= 15 is 0 Å². The molecule has 190 valence electrons. The summed E-state index contributed by atoms with van der Waals surface area (Å²) in [5, 5.41) is 3.06. The fourth-order valence-corrected chi connectivity index (χ4v) is 5.82. The van der Waals surface area contributed by atoms with Crippen LogP contribution in [0.15, 0.2) is 33.7 Å². The molecule has 32 heavy (non-hydrogen) atoms. The fraction of sp³-hybridized carbons (Fsp3) is 0.615. The molecular formula is C26H52Cl2Si3Zr-4. The third kappa shape index (κ3) is 18.4. The van der Waals surface area contributed by atoms with Crippen LogP contribution < -0.4 is 0 Å². The van der Waals surface area contributed by atoms with Gasteiger partial charge in [0.05, 0.1) is 0 Å². The first-order valence-corrected chi connectivity index (χ1v) is 23.7. The zero-order valence-corrected chi connectivity index (χ0v) is 30.7. The van der Waals surface area contributed by atoms with Crippen molar-refractivity contribution in [2.45, 2.75) is 92.7 Å². The average Bonchev–Trinajstić information content (AvgIpc) is 3.17. The van der Waals surface area contributed by atoms with Gasteiger partial charge in [-0.1, -0.05) is 67.0 Å². The summed E-state index contributed by atoms with van der Waals surface area (Å²) in [6.45, 7) is 25.4. The minimum absolute atomic E-state index is 0. The van der Waals surface area contributed by atoms with E-state index < -0.39 is 16.1 Å². The molecule has 0 aromatic heterocycles. The molecule has 0 aromatic rings. The quantitative estimate of drug-likeness (QED) is 0.208. The Balaban J connectivity index is -0.000000126. The molecule has 0 unspecified atom stereocenters. The van der Waals surface area contributed by atoms with Gasteiger partial charge in [-0.15, -0.1) is 37.7 Å². The monoisotopic (exact) mass is 608 g/mol. The molecule has 0 spiro atoms. The molecule has 0 saturated carbocycles. The zero-order chi connectivity index (χ0) is 22.1. The molecule has 2 aliphatic rings. The van der Waals surface area contributed by atoms with Gasteiger partial charge < -0.3 is 14.9 Å². The molecule has 0 fully saturated rings. The van der Waals surface area contributed by atoms with Crippen molar-refractivity contribution in [2.75, 3.05) is 0 Å². The summed E-state index contributed by atoms with van der Waals surface area (Å²) in [5.74, 6) is 1.57. The van der Waals surface area contributed by atoms with Gasteiger partial charge in [0.25, 0.3) is 0 Å². The predicted molar refractivity (Wildman–Crippen MR) is 160 cm³/mol. The number of halogens is 2. The van der Waals surface area contributed by atoms with Gasteiger partial charge in [-0.2, -0.15) is 11.1 Å². The van der Waals surface area contributed by atoms with E-state index in [1.165, 1.54) is 23.2 Å². The maximum atomic E-state index is 3.54. The average molecular weight is 611 g/mol. The Hall–Kier alpha value is 1.07. The summed E-state index contributed by atoms with van der Waals surface area (Å²) in [6, 6.07) is 0. The molecule has 6 heteroatoms. The number of rotatable bonds is 6. The van der Waals surface area contributed by atoms with Crippen molar-refractivity contribution in [1.82, 2.24) is 0 Å². The normalized spacial score (nSPS) is 14.5. The molecule has 2 rings (SSSR count). The van der Waals surface area contributed by atoms with Crippen molar-refractivity contribution in [3.05, 3.63) is 60.7 Å². The Morgan fingerprint density at radius 2 is 0.969 bits per heavy atom. The van der Waals surface area contributed by atoms with Gasteiger partial charge in [0.15, 0.2) is 0 Å². The van der Waals surface area contributed by atoms with Crippen LogP contribution in [0.25, 0.3) is 0 Å². The van der Waals surface area contributed by atoms with Gasteiger partial charge in [0.2, 0.25) is 0 Å². The van der Waals surface area contributed by atoms with Crippen LogP contribution >= 0.6 is 24.8 Å². The molecule has 0 radical (unpaired) electrons.